The van der Waals surface area contributed by atoms with Crippen LogP contribution in [0.1, 0.15) is 43.5 Å². The van der Waals surface area contributed by atoms with Gasteiger partial charge in [-0.1, -0.05) is 6.92 Å². The molecule has 0 saturated carbocycles. The summed E-state index contributed by atoms with van der Waals surface area (Å²) in [4.78, 5) is 18.5. The lowest BCUT2D eigenvalue weighted by atomic mass is 10.2. The fourth-order valence-corrected chi connectivity index (χ4v) is 1.99. The van der Waals surface area contributed by atoms with Gasteiger partial charge in [-0.3, -0.25) is 4.79 Å². The Bertz CT molecular complexity index is 391. The minimum atomic E-state index is -0.0698. The lowest BCUT2D eigenvalue weighted by Crippen LogP contribution is -2.26. The van der Waals surface area contributed by atoms with Crippen LogP contribution < -0.4 is 16.0 Å². The Hall–Kier alpha value is -1.62. The van der Waals surface area contributed by atoms with E-state index in [4.69, 9.17) is 5.73 Å². The molecule has 0 fully saturated rings. The highest BCUT2D eigenvalue weighted by Gasteiger charge is 2.08. The Balaban J connectivity index is 2.54. The molecule has 1 rings (SSSR count). The lowest BCUT2D eigenvalue weighted by molar-refractivity contribution is 0.0952. The molecular formula is C15H26N4O. The van der Waals surface area contributed by atoms with E-state index < -0.39 is 0 Å². The summed E-state index contributed by atoms with van der Waals surface area (Å²) in [5.74, 6) is 0.855. The minimum Gasteiger partial charge on any atom is -0.357 e. The first kappa shape index (κ1) is 16.4. The highest BCUT2D eigenvalue weighted by Crippen LogP contribution is 2.11. The molecule has 0 aliphatic heterocycles. The Morgan fingerprint density at radius 2 is 2.15 bits per heavy atom. The van der Waals surface area contributed by atoms with Gasteiger partial charge >= 0.3 is 0 Å². The second-order valence-corrected chi connectivity index (χ2v) is 4.74. The van der Waals surface area contributed by atoms with Gasteiger partial charge in [-0.25, -0.2) is 4.98 Å². The van der Waals surface area contributed by atoms with Crippen molar-refractivity contribution in [2.75, 3.05) is 31.1 Å². The zero-order valence-corrected chi connectivity index (χ0v) is 12.6. The van der Waals surface area contributed by atoms with Crippen molar-refractivity contribution < 1.29 is 4.79 Å². The normalized spacial score (nSPS) is 10.3. The van der Waals surface area contributed by atoms with E-state index in [-0.39, 0.29) is 5.91 Å². The van der Waals surface area contributed by atoms with Gasteiger partial charge in [-0.05, 0) is 44.9 Å². The van der Waals surface area contributed by atoms with E-state index in [1.54, 1.807) is 6.20 Å². The van der Waals surface area contributed by atoms with Gasteiger partial charge in [0.25, 0.3) is 5.91 Å². The van der Waals surface area contributed by atoms with E-state index in [0.717, 1.165) is 38.2 Å². The molecule has 20 heavy (non-hydrogen) atoms. The minimum absolute atomic E-state index is 0.0698. The maximum Gasteiger partial charge on any atom is 0.252 e. The number of hydrogen-bond donors (Lipinski definition) is 2. The molecule has 0 saturated heterocycles. The molecule has 0 bridgehead atoms. The Kier molecular flexibility index (Phi) is 7.65. The molecule has 5 heteroatoms. The number of carbonyl (C=O) groups is 1. The smallest absolute Gasteiger partial charge is 0.252 e. The summed E-state index contributed by atoms with van der Waals surface area (Å²) >= 11 is 0. The highest BCUT2D eigenvalue weighted by atomic mass is 16.1. The van der Waals surface area contributed by atoms with Gasteiger partial charge in [-0.2, -0.15) is 0 Å². The molecular weight excluding hydrogens is 252 g/mol. The van der Waals surface area contributed by atoms with Gasteiger partial charge in [0.15, 0.2) is 0 Å². The average Bonchev–Trinajstić information content (AvgIpc) is 2.49. The monoisotopic (exact) mass is 278 g/mol. The fraction of sp³-hybridized carbons (Fsp3) is 0.600. The van der Waals surface area contributed by atoms with Crippen LogP contribution in [0, 0.1) is 0 Å². The van der Waals surface area contributed by atoms with Crippen molar-refractivity contribution in [3.05, 3.63) is 23.9 Å². The standard InChI is InChI=1S/C15H26N4O/c1-3-11-19(4-2)14-8-7-13(12-18-14)15(20)17-10-6-5-9-16/h7-8,12H,3-6,9-11,16H2,1-2H3,(H,17,20). The average molecular weight is 278 g/mol. The van der Waals surface area contributed by atoms with Crippen molar-refractivity contribution >= 4 is 11.7 Å². The lowest BCUT2D eigenvalue weighted by Gasteiger charge is -2.21. The summed E-state index contributed by atoms with van der Waals surface area (Å²) in [5, 5.41) is 2.87. The van der Waals surface area contributed by atoms with Gasteiger partial charge in [0, 0.05) is 25.8 Å². The quantitative estimate of drug-likeness (QED) is 0.676. The highest BCUT2D eigenvalue weighted by molar-refractivity contribution is 5.94. The molecule has 1 heterocycles. The van der Waals surface area contributed by atoms with Crippen LogP contribution in [0.25, 0.3) is 0 Å². The summed E-state index contributed by atoms with van der Waals surface area (Å²) in [6, 6.07) is 3.74. The van der Waals surface area contributed by atoms with E-state index >= 15 is 0 Å². The third kappa shape index (κ3) is 5.17. The number of nitrogens with one attached hydrogen (secondary N) is 1. The van der Waals surface area contributed by atoms with Gasteiger partial charge in [0.1, 0.15) is 5.82 Å². The SMILES string of the molecule is CCCN(CC)c1ccc(C(=O)NCCCCN)cn1. The molecule has 1 amide bonds. The van der Waals surface area contributed by atoms with Crippen molar-refractivity contribution in [3.63, 3.8) is 0 Å². The van der Waals surface area contributed by atoms with E-state index in [2.05, 4.69) is 29.0 Å². The summed E-state index contributed by atoms with van der Waals surface area (Å²) in [7, 11) is 0. The van der Waals surface area contributed by atoms with Crippen LogP contribution in [0.3, 0.4) is 0 Å². The van der Waals surface area contributed by atoms with E-state index in [1.807, 2.05) is 12.1 Å². The zero-order chi connectivity index (χ0) is 14.8. The van der Waals surface area contributed by atoms with Gasteiger partial charge in [0.05, 0.1) is 5.56 Å². The van der Waals surface area contributed by atoms with Crippen molar-refractivity contribution in [2.24, 2.45) is 5.73 Å². The number of nitrogens with zero attached hydrogens (tertiary/aromatic N) is 2. The van der Waals surface area contributed by atoms with Gasteiger partial charge in [-0.15, -0.1) is 0 Å². The van der Waals surface area contributed by atoms with Gasteiger partial charge in [0.2, 0.25) is 0 Å². The number of aromatic nitrogens is 1. The first-order valence-corrected chi connectivity index (χ1v) is 7.42. The zero-order valence-electron chi connectivity index (χ0n) is 12.6. The number of pyridine rings is 1. The molecule has 3 N–H and O–H groups in total. The first-order valence-electron chi connectivity index (χ1n) is 7.42. The predicted octanol–water partition coefficient (Wildman–Crippen LogP) is 1.79. The number of anilines is 1. The number of rotatable bonds is 9. The molecule has 112 valence electrons. The van der Waals surface area contributed by atoms with Crippen LogP contribution in [-0.4, -0.2) is 37.1 Å². The molecule has 1 aromatic rings. The number of amides is 1. The molecule has 0 radical (unpaired) electrons. The van der Waals surface area contributed by atoms with E-state index in [1.165, 1.54) is 0 Å². The number of carbonyl (C=O) groups excluding carboxylic acids is 1. The number of hydrogen-bond acceptors (Lipinski definition) is 4. The number of nitrogens with two attached hydrogens (primary N) is 1. The summed E-state index contributed by atoms with van der Waals surface area (Å²) < 4.78 is 0. The van der Waals surface area contributed by atoms with Crippen molar-refractivity contribution in [1.29, 1.82) is 0 Å². The number of unbranched alkanes of at least 4 members (excludes halogenated alkanes) is 1. The molecule has 0 spiro atoms. The third-order valence-electron chi connectivity index (χ3n) is 3.13. The van der Waals surface area contributed by atoms with Crippen LogP contribution in [0.2, 0.25) is 0 Å². The van der Waals surface area contributed by atoms with Crippen molar-refractivity contribution in [3.8, 4) is 0 Å². The Morgan fingerprint density at radius 1 is 1.35 bits per heavy atom. The fourth-order valence-electron chi connectivity index (χ4n) is 1.99. The molecule has 0 aromatic carbocycles. The van der Waals surface area contributed by atoms with Crippen LogP contribution in [0.4, 0.5) is 5.82 Å². The van der Waals surface area contributed by atoms with E-state index in [0.29, 0.717) is 18.7 Å². The molecule has 5 nitrogen and oxygen atoms in total. The maximum absolute atomic E-state index is 11.9. The van der Waals surface area contributed by atoms with E-state index in [9.17, 15) is 4.79 Å². The summed E-state index contributed by atoms with van der Waals surface area (Å²) in [5.41, 5.74) is 6.02. The van der Waals surface area contributed by atoms with Gasteiger partial charge < -0.3 is 16.0 Å². The third-order valence-corrected chi connectivity index (χ3v) is 3.13. The molecule has 1 aromatic heterocycles. The topological polar surface area (TPSA) is 71.2 Å². The van der Waals surface area contributed by atoms with Crippen LogP contribution in [0.15, 0.2) is 18.3 Å². The largest absolute Gasteiger partial charge is 0.357 e. The second-order valence-electron chi connectivity index (χ2n) is 4.74. The molecule has 0 atom stereocenters. The molecule has 0 aliphatic rings. The summed E-state index contributed by atoms with van der Waals surface area (Å²) in [6.07, 6.45) is 4.57. The van der Waals surface area contributed by atoms with Crippen molar-refractivity contribution in [1.82, 2.24) is 10.3 Å². The molecule has 0 unspecified atom stereocenters. The van der Waals surface area contributed by atoms with Crippen LogP contribution >= 0.6 is 0 Å². The first-order chi connectivity index (χ1) is 9.72. The second kappa shape index (κ2) is 9.31. The maximum atomic E-state index is 11.9. The Morgan fingerprint density at radius 3 is 2.70 bits per heavy atom. The van der Waals surface area contributed by atoms with Crippen LogP contribution in [0.5, 0.6) is 0 Å². The Labute approximate surface area is 121 Å². The van der Waals surface area contributed by atoms with Crippen molar-refractivity contribution in [2.45, 2.75) is 33.1 Å². The molecule has 0 aliphatic carbocycles. The van der Waals surface area contributed by atoms with Crippen LogP contribution in [-0.2, 0) is 0 Å². The predicted molar refractivity (Wildman–Crippen MR) is 83.0 cm³/mol. The summed E-state index contributed by atoms with van der Waals surface area (Å²) in [6.45, 7) is 7.48.